The van der Waals surface area contributed by atoms with Gasteiger partial charge in [-0.1, -0.05) is 13.3 Å². The molecule has 1 amide bonds. The number of hydrogen-bond donors (Lipinski definition) is 3. The van der Waals surface area contributed by atoms with Crippen molar-refractivity contribution < 1.29 is 19.4 Å². The summed E-state index contributed by atoms with van der Waals surface area (Å²) in [6.45, 7) is 2.33. The number of nitrogens with one attached hydrogen (secondary N) is 1. The molecule has 0 aromatic rings. The second kappa shape index (κ2) is 8.19. The molecule has 1 unspecified atom stereocenters. The van der Waals surface area contributed by atoms with Crippen molar-refractivity contribution >= 4 is 11.9 Å². The summed E-state index contributed by atoms with van der Waals surface area (Å²) in [5, 5.41) is 11.1. The van der Waals surface area contributed by atoms with Gasteiger partial charge in [0.05, 0.1) is 6.61 Å². The smallest absolute Gasteiger partial charge is 0.326 e. The van der Waals surface area contributed by atoms with E-state index in [9.17, 15) is 9.59 Å². The molecule has 0 saturated carbocycles. The first-order chi connectivity index (χ1) is 7.11. The van der Waals surface area contributed by atoms with E-state index in [2.05, 4.69) is 5.32 Å². The second-order valence-electron chi connectivity index (χ2n) is 3.09. The quantitative estimate of drug-likeness (QED) is 0.469. The van der Waals surface area contributed by atoms with Gasteiger partial charge in [0, 0.05) is 6.54 Å². The molecular weight excluding hydrogens is 200 g/mol. The maximum atomic E-state index is 11.2. The van der Waals surface area contributed by atoms with Crippen molar-refractivity contribution in [2.45, 2.75) is 25.8 Å². The summed E-state index contributed by atoms with van der Waals surface area (Å²) in [6, 6.07) is -0.830. The molecule has 6 heteroatoms. The van der Waals surface area contributed by atoms with E-state index >= 15 is 0 Å². The average Bonchev–Trinajstić information content (AvgIpc) is 2.17. The van der Waals surface area contributed by atoms with E-state index < -0.39 is 17.9 Å². The van der Waals surface area contributed by atoms with Crippen molar-refractivity contribution in [3.8, 4) is 0 Å². The highest BCUT2D eigenvalue weighted by Gasteiger charge is 2.18. The van der Waals surface area contributed by atoms with Crippen LogP contribution in [0.1, 0.15) is 19.8 Å². The van der Waals surface area contributed by atoms with Crippen LogP contribution in [0, 0.1) is 0 Å². The third-order valence-electron chi connectivity index (χ3n) is 1.71. The first-order valence-electron chi connectivity index (χ1n) is 4.91. The van der Waals surface area contributed by atoms with Crippen LogP contribution in [0.5, 0.6) is 0 Å². The third kappa shape index (κ3) is 6.87. The normalized spacial score (nSPS) is 12.1. The first kappa shape index (κ1) is 13.9. The molecule has 0 heterocycles. The molecule has 6 nitrogen and oxygen atoms in total. The molecule has 0 aliphatic heterocycles. The Hall–Kier alpha value is -1.14. The molecule has 0 bridgehead atoms. The molecule has 0 saturated heterocycles. The molecule has 0 aliphatic rings. The van der Waals surface area contributed by atoms with Gasteiger partial charge in [0.25, 0.3) is 0 Å². The fourth-order valence-corrected chi connectivity index (χ4v) is 1.03. The first-order valence-corrected chi connectivity index (χ1v) is 4.91. The number of carboxylic acids is 1. The molecule has 0 fully saturated rings. The lowest BCUT2D eigenvalue weighted by Crippen LogP contribution is -2.42. The second-order valence-corrected chi connectivity index (χ2v) is 3.09. The van der Waals surface area contributed by atoms with Crippen molar-refractivity contribution in [2.75, 3.05) is 19.8 Å². The molecule has 15 heavy (non-hydrogen) atoms. The lowest BCUT2D eigenvalue weighted by atomic mass is 10.2. The van der Waals surface area contributed by atoms with Crippen LogP contribution >= 0.6 is 0 Å². The summed E-state index contributed by atoms with van der Waals surface area (Å²) in [5.74, 6) is -1.45. The van der Waals surface area contributed by atoms with Crippen molar-refractivity contribution in [1.29, 1.82) is 0 Å². The maximum Gasteiger partial charge on any atom is 0.326 e. The van der Waals surface area contributed by atoms with Crippen LogP contribution in [0.15, 0.2) is 0 Å². The minimum atomic E-state index is -1.02. The average molecular weight is 218 g/mol. The molecule has 0 aromatic heterocycles. The Morgan fingerprint density at radius 2 is 2.20 bits per heavy atom. The van der Waals surface area contributed by atoms with Crippen molar-refractivity contribution in [3.63, 3.8) is 0 Å². The fraction of sp³-hybridized carbons (Fsp3) is 0.778. The predicted octanol–water partition coefficient (Wildman–Crippen LogP) is -0.669. The summed E-state index contributed by atoms with van der Waals surface area (Å²) in [5.41, 5.74) is 5.16. The van der Waals surface area contributed by atoms with Crippen LogP contribution in [0.4, 0.5) is 0 Å². The Balaban J connectivity index is 3.84. The number of aliphatic carboxylic acids is 1. The monoisotopic (exact) mass is 218 g/mol. The fourth-order valence-electron chi connectivity index (χ4n) is 1.03. The summed E-state index contributed by atoms with van der Waals surface area (Å²) >= 11 is 0. The zero-order valence-corrected chi connectivity index (χ0v) is 8.86. The number of rotatable bonds is 8. The van der Waals surface area contributed by atoms with Crippen LogP contribution in [0.3, 0.4) is 0 Å². The number of amides is 1. The Labute approximate surface area is 88.8 Å². The minimum absolute atomic E-state index is 0.148. The van der Waals surface area contributed by atoms with Crippen molar-refractivity contribution in [1.82, 2.24) is 5.32 Å². The van der Waals surface area contributed by atoms with Crippen LogP contribution in [0.2, 0.25) is 0 Å². The highest BCUT2D eigenvalue weighted by molar-refractivity contribution is 5.84. The molecule has 4 N–H and O–H groups in total. The lowest BCUT2D eigenvalue weighted by Gasteiger charge is -2.13. The molecule has 0 aliphatic carbocycles. The molecule has 1 atom stereocenters. The van der Waals surface area contributed by atoms with Gasteiger partial charge in [-0.3, -0.25) is 4.79 Å². The number of nitrogens with two attached hydrogens (primary N) is 1. The van der Waals surface area contributed by atoms with Gasteiger partial charge in [-0.05, 0) is 6.42 Å². The van der Waals surface area contributed by atoms with Gasteiger partial charge in [0.15, 0.2) is 0 Å². The molecule has 88 valence electrons. The number of carbonyl (C=O) groups excluding carboxylic acids is 1. The van der Waals surface area contributed by atoms with Gasteiger partial charge >= 0.3 is 5.97 Å². The van der Waals surface area contributed by atoms with Crippen LogP contribution in [0.25, 0.3) is 0 Å². The minimum Gasteiger partial charge on any atom is -0.480 e. The van der Waals surface area contributed by atoms with Gasteiger partial charge < -0.3 is 20.9 Å². The van der Waals surface area contributed by atoms with Crippen molar-refractivity contribution in [2.24, 2.45) is 5.73 Å². The third-order valence-corrected chi connectivity index (χ3v) is 1.71. The van der Waals surface area contributed by atoms with E-state index in [0.29, 0.717) is 26.0 Å². The highest BCUT2D eigenvalue weighted by Crippen LogP contribution is 1.96. The van der Waals surface area contributed by atoms with Crippen LogP contribution in [-0.2, 0) is 14.3 Å². The maximum absolute atomic E-state index is 11.2. The molecule has 0 aromatic carbocycles. The predicted molar refractivity (Wildman–Crippen MR) is 54.3 cm³/mol. The van der Waals surface area contributed by atoms with Crippen LogP contribution in [-0.4, -0.2) is 42.8 Å². The summed E-state index contributed by atoms with van der Waals surface area (Å²) < 4.78 is 4.87. The van der Waals surface area contributed by atoms with E-state index in [1.807, 2.05) is 6.92 Å². The van der Waals surface area contributed by atoms with Gasteiger partial charge in [-0.2, -0.15) is 0 Å². The summed E-state index contributed by atoms with van der Waals surface area (Å²) in [7, 11) is 0. The van der Waals surface area contributed by atoms with E-state index in [1.165, 1.54) is 0 Å². The Kier molecular flexibility index (Phi) is 7.57. The Morgan fingerprint density at radius 3 is 2.67 bits per heavy atom. The van der Waals surface area contributed by atoms with Crippen LogP contribution < -0.4 is 11.1 Å². The van der Waals surface area contributed by atoms with Crippen molar-refractivity contribution in [3.05, 3.63) is 0 Å². The zero-order chi connectivity index (χ0) is 11.7. The number of carboxylic acid groups (broad SMARTS) is 1. The van der Waals surface area contributed by atoms with E-state index in [4.69, 9.17) is 15.6 Å². The number of hydrogen-bond acceptors (Lipinski definition) is 4. The standard InChI is InChI=1S/C9H18N2O4/c1-2-3-7(9(13)14)11-8(12)6-15-5-4-10/h7H,2-6,10H2,1H3,(H,11,12)(H,13,14). The Morgan fingerprint density at radius 1 is 1.53 bits per heavy atom. The molecule has 0 radical (unpaired) electrons. The molecule has 0 rings (SSSR count). The Bertz CT molecular complexity index is 208. The molecule has 0 spiro atoms. The summed E-state index contributed by atoms with van der Waals surface area (Å²) in [6.07, 6.45) is 1.11. The summed E-state index contributed by atoms with van der Waals surface area (Å²) in [4.78, 5) is 21.8. The lowest BCUT2D eigenvalue weighted by molar-refractivity contribution is -0.142. The van der Waals surface area contributed by atoms with E-state index in [-0.39, 0.29) is 6.61 Å². The van der Waals surface area contributed by atoms with Gasteiger partial charge in [0.2, 0.25) is 5.91 Å². The van der Waals surface area contributed by atoms with E-state index in [0.717, 1.165) is 0 Å². The van der Waals surface area contributed by atoms with Gasteiger partial charge in [0.1, 0.15) is 12.6 Å². The number of carbonyl (C=O) groups is 2. The van der Waals surface area contributed by atoms with E-state index in [1.54, 1.807) is 0 Å². The largest absolute Gasteiger partial charge is 0.480 e. The highest BCUT2D eigenvalue weighted by atomic mass is 16.5. The molecular formula is C9H18N2O4. The topological polar surface area (TPSA) is 102 Å². The van der Waals surface area contributed by atoms with Gasteiger partial charge in [-0.25, -0.2) is 4.79 Å². The zero-order valence-electron chi connectivity index (χ0n) is 8.86. The SMILES string of the molecule is CCCC(NC(=O)COCCN)C(=O)O. The van der Waals surface area contributed by atoms with Gasteiger partial charge in [-0.15, -0.1) is 0 Å². The number of ether oxygens (including phenoxy) is 1.